The third-order valence-corrected chi connectivity index (χ3v) is 2.60. The Morgan fingerprint density at radius 3 is 2.94 bits per heavy atom. The van der Waals surface area contributed by atoms with Crippen LogP contribution in [0.5, 0.6) is 0 Å². The molecule has 5 heteroatoms. The first-order valence-electron chi connectivity index (χ1n) is 5.35. The summed E-state index contributed by atoms with van der Waals surface area (Å²) >= 11 is 0. The molecule has 0 radical (unpaired) electrons. The van der Waals surface area contributed by atoms with Crippen molar-refractivity contribution in [1.29, 1.82) is 0 Å². The van der Waals surface area contributed by atoms with Crippen LogP contribution in [-0.2, 0) is 4.74 Å². The Labute approximate surface area is 99.0 Å². The van der Waals surface area contributed by atoms with Crippen molar-refractivity contribution in [2.45, 2.75) is 6.92 Å². The van der Waals surface area contributed by atoms with Crippen LogP contribution in [0.15, 0.2) is 22.6 Å². The number of hydrogen-bond acceptors (Lipinski definition) is 5. The number of hydrogen-bond donors (Lipinski definition) is 0. The van der Waals surface area contributed by atoms with Crippen molar-refractivity contribution >= 4 is 23.1 Å². The molecule has 0 fully saturated rings. The molecule has 2 aromatic rings. The van der Waals surface area contributed by atoms with E-state index in [0.29, 0.717) is 17.2 Å². The van der Waals surface area contributed by atoms with Gasteiger partial charge in [-0.25, -0.2) is 4.79 Å². The quantitative estimate of drug-likeness (QED) is 0.761. The fourth-order valence-corrected chi connectivity index (χ4v) is 1.46. The van der Waals surface area contributed by atoms with Crippen molar-refractivity contribution < 1.29 is 13.9 Å². The van der Waals surface area contributed by atoms with E-state index in [0.717, 1.165) is 12.1 Å². The first-order valence-corrected chi connectivity index (χ1v) is 5.35. The van der Waals surface area contributed by atoms with Crippen LogP contribution in [0.3, 0.4) is 0 Å². The highest BCUT2D eigenvalue weighted by Crippen LogP contribution is 2.22. The van der Waals surface area contributed by atoms with Crippen LogP contribution >= 0.6 is 0 Å². The van der Waals surface area contributed by atoms with E-state index in [-0.39, 0.29) is 5.97 Å². The average molecular weight is 234 g/mol. The Hall–Kier alpha value is -2.04. The van der Waals surface area contributed by atoms with Crippen LogP contribution in [-0.4, -0.2) is 31.7 Å². The van der Waals surface area contributed by atoms with Gasteiger partial charge in [0, 0.05) is 13.6 Å². The summed E-state index contributed by atoms with van der Waals surface area (Å²) in [5.74, 6) is -0.381. The first kappa shape index (κ1) is 11.4. The van der Waals surface area contributed by atoms with Gasteiger partial charge in [0.25, 0.3) is 6.01 Å². The molecule has 0 aliphatic heterocycles. The summed E-state index contributed by atoms with van der Waals surface area (Å²) in [5.41, 5.74) is 1.78. The highest BCUT2D eigenvalue weighted by molar-refractivity contribution is 5.93. The molecule has 0 N–H and O–H groups in total. The molecule has 0 spiro atoms. The Balaban J connectivity index is 2.44. The lowest BCUT2D eigenvalue weighted by Gasteiger charge is -2.09. The van der Waals surface area contributed by atoms with E-state index in [4.69, 9.17) is 4.42 Å². The van der Waals surface area contributed by atoms with Crippen LogP contribution in [0.25, 0.3) is 11.1 Å². The van der Waals surface area contributed by atoms with E-state index in [1.165, 1.54) is 7.11 Å². The summed E-state index contributed by atoms with van der Waals surface area (Å²) in [6.45, 7) is 2.81. The number of esters is 1. The number of aromatic nitrogens is 1. The molecule has 17 heavy (non-hydrogen) atoms. The second kappa shape index (κ2) is 4.45. The third kappa shape index (κ3) is 2.08. The summed E-state index contributed by atoms with van der Waals surface area (Å²) in [7, 11) is 3.25. The van der Waals surface area contributed by atoms with E-state index < -0.39 is 0 Å². The van der Waals surface area contributed by atoms with E-state index in [1.807, 2.05) is 18.9 Å². The van der Waals surface area contributed by atoms with Crippen LogP contribution in [0.2, 0.25) is 0 Å². The van der Waals surface area contributed by atoms with Gasteiger partial charge in [-0.05, 0) is 25.1 Å². The molecule has 0 atom stereocenters. The SMILES string of the molecule is CCN(C)c1nc2ccc(C(=O)OC)cc2o1. The van der Waals surface area contributed by atoms with E-state index in [9.17, 15) is 4.79 Å². The number of methoxy groups -OCH3 is 1. The summed E-state index contributed by atoms with van der Waals surface area (Å²) < 4.78 is 10.2. The number of carbonyl (C=O) groups is 1. The number of rotatable bonds is 3. The van der Waals surface area contributed by atoms with Crippen LogP contribution in [0.4, 0.5) is 6.01 Å². The molecule has 0 saturated heterocycles. The molecule has 1 aromatic carbocycles. The van der Waals surface area contributed by atoms with Crippen molar-refractivity contribution in [2.75, 3.05) is 25.6 Å². The lowest BCUT2D eigenvalue weighted by molar-refractivity contribution is 0.0601. The summed E-state index contributed by atoms with van der Waals surface area (Å²) in [6.07, 6.45) is 0. The fourth-order valence-electron chi connectivity index (χ4n) is 1.46. The minimum Gasteiger partial charge on any atom is -0.465 e. The van der Waals surface area contributed by atoms with Gasteiger partial charge in [-0.2, -0.15) is 4.98 Å². The maximum atomic E-state index is 11.4. The maximum absolute atomic E-state index is 11.4. The van der Waals surface area contributed by atoms with Gasteiger partial charge in [-0.1, -0.05) is 0 Å². The Morgan fingerprint density at radius 1 is 1.53 bits per heavy atom. The summed E-state index contributed by atoms with van der Waals surface area (Å²) in [4.78, 5) is 17.6. The molecule has 0 unspecified atom stereocenters. The number of carbonyl (C=O) groups excluding carboxylic acids is 1. The molecule has 5 nitrogen and oxygen atoms in total. The Bertz CT molecular complexity index is 548. The fraction of sp³-hybridized carbons (Fsp3) is 0.333. The lowest BCUT2D eigenvalue weighted by atomic mass is 10.2. The van der Waals surface area contributed by atoms with Gasteiger partial charge in [-0.3, -0.25) is 0 Å². The molecule has 0 saturated carbocycles. The normalized spacial score (nSPS) is 10.5. The molecule has 0 amide bonds. The first-order chi connectivity index (χ1) is 8.15. The molecule has 0 aliphatic rings. The molecule has 0 aliphatic carbocycles. The van der Waals surface area contributed by atoms with Crippen LogP contribution in [0, 0.1) is 0 Å². The molecular formula is C12H14N2O3. The molecule has 1 heterocycles. The van der Waals surface area contributed by atoms with Crippen molar-refractivity contribution in [3.8, 4) is 0 Å². The van der Waals surface area contributed by atoms with Crippen molar-refractivity contribution in [3.05, 3.63) is 23.8 Å². The summed E-state index contributed by atoms with van der Waals surface area (Å²) in [5, 5.41) is 0. The van der Waals surface area contributed by atoms with Gasteiger partial charge in [0.05, 0.1) is 12.7 Å². The van der Waals surface area contributed by atoms with Crippen LogP contribution < -0.4 is 4.90 Å². The van der Waals surface area contributed by atoms with Gasteiger partial charge in [0.2, 0.25) is 0 Å². The highest BCUT2D eigenvalue weighted by Gasteiger charge is 2.12. The van der Waals surface area contributed by atoms with Crippen LogP contribution in [0.1, 0.15) is 17.3 Å². The number of ether oxygens (including phenoxy) is 1. The smallest absolute Gasteiger partial charge is 0.337 e. The van der Waals surface area contributed by atoms with E-state index in [1.54, 1.807) is 18.2 Å². The van der Waals surface area contributed by atoms with Gasteiger partial charge >= 0.3 is 5.97 Å². The Kier molecular flexibility index (Phi) is 2.99. The number of nitrogens with zero attached hydrogens (tertiary/aromatic N) is 2. The zero-order valence-electron chi connectivity index (χ0n) is 10.1. The predicted octanol–water partition coefficient (Wildman–Crippen LogP) is 2.07. The van der Waals surface area contributed by atoms with Crippen molar-refractivity contribution in [3.63, 3.8) is 0 Å². The largest absolute Gasteiger partial charge is 0.465 e. The average Bonchev–Trinajstić information content (AvgIpc) is 2.79. The number of fused-ring (bicyclic) bond motifs is 1. The molecule has 1 aromatic heterocycles. The summed E-state index contributed by atoms with van der Waals surface area (Å²) in [6, 6.07) is 5.61. The molecule has 90 valence electrons. The van der Waals surface area contributed by atoms with E-state index in [2.05, 4.69) is 9.72 Å². The molecule has 2 rings (SSSR count). The number of oxazole rings is 1. The Morgan fingerprint density at radius 2 is 2.29 bits per heavy atom. The number of benzene rings is 1. The lowest BCUT2D eigenvalue weighted by Crippen LogP contribution is -2.15. The molecule has 0 bridgehead atoms. The van der Waals surface area contributed by atoms with Gasteiger partial charge in [0.15, 0.2) is 5.58 Å². The minimum absolute atomic E-state index is 0.381. The zero-order chi connectivity index (χ0) is 12.4. The van der Waals surface area contributed by atoms with Gasteiger partial charge in [0.1, 0.15) is 5.52 Å². The van der Waals surface area contributed by atoms with E-state index >= 15 is 0 Å². The second-order valence-electron chi connectivity index (χ2n) is 3.68. The zero-order valence-corrected chi connectivity index (χ0v) is 10.1. The standard InChI is InChI=1S/C12H14N2O3/c1-4-14(2)12-13-9-6-5-8(11(15)16-3)7-10(9)17-12/h5-7H,4H2,1-3H3. The topological polar surface area (TPSA) is 55.6 Å². The van der Waals surface area contributed by atoms with Gasteiger partial charge in [-0.15, -0.1) is 0 Å². The van der Waals surface area contributed by atoms with Crippen molar-refractivity contribution in [2.24, 2.45) is 0 Å². The minimum atomic E-state index is -0.381. The van der Waals surface area contributed by atoms with Gasteiger partial charge < -0.3 is 14.1 Å². The monoisotopic (exact) mass is 234 g/mol. The number of anilines is 1. The predicted molar refractivity (Wildman–Crippen MR) is 64.3 cm³/mol. The molecular weight excluding hydrogens is 220 g/mol. The second-order valence-corrected chi connectivity index (χ2v) is 3.68. The third-order valence-electron chi connectivity index (χ3n) is 2.60. The maximum Gasteiger partial charge on any atom is 0.337 e. The highest BCUT2D eigenvalue weighted by atomic mass is 16.5. The van der Waals surface area contributed by atoms with Crippen molar-refractivity contribution in [1.82, 2.24) is 4.98 Å².